The summed E-state index contributed by atoms with van der Waals surface area (Å²) in [7, 11) is 0. The molecule has 0 radical (unpaired) electrons. The van der Waals surface area contributed by atoms with Crippen LogP contribution < -0.4 is 5.32 Å². The topological polar surface area (TPSA) is 86.6 Å². The van der Waals surface area contributed by atoms with E-state index in [0.29, 0.717) is 5.56 Å². The van der Waals surface area contributed by atoms with E-state index < -0.39 is 24.0 Å². The summed E-state index contributed by atoms with van der Waals surface area (Å²) in [6.45, 7) is 1.30. The highest BCUT2D eigenvalue weighted by atomic mass is 79.9. The lowest BCUT2D eigenvalue weighted by molar-refractivity contribution is -0.141. The maximum atomic E-state index is 11.8. The summed E-state index contributed by atoms with van der Waals surface area (Å²) in [6.07, 6.45) is -1.18. The molecule has 1 rings (SSSR count). The quantitative estimate of drug-likeness (QED) is 0.719. The predicted molar refractivity (Wildman–Crippen MR) is 72.8 cm³/mol. The molecule has 0 heterocycles. The molecule has 0 aliphatic carbocycles. The summed E-state index contributed by atoms with van der Waals surface area (Å²) in [4.78, 5) is 25.2. The molecule has 0 aromatic heterocycles. The van der Waals surface area contributed by atoms with Gasteiger partial charge >= 0.3 is 5.97 Å². The molecule has 3 N–H and O–H groups in total. The number of carboxylic acids is 1. The Bertz CT molecular complexity index is 528. The smallest absolute Gasteiger partial charge is 0.328 e. The molecule has 0 aliphatic heterocycles. The first-order chi connectivity index (χ1) is 8.95. The van der Waals surface area contributed by atoms with Gasteiger partial charge in [0.15, 0.2) is 6.04 Å². The molecule has 0 unspecified atom stereocenters. The predicted octanol–water partition coefficient (Wildman–Crippen LogP) is 0.954. The highest BCUT2D eigenvalue weighted by Gasteiger charge is 2.25. The third kappa shape index (κ3) is 4.39. The van der Waals surface area contributed by atoms with Gasteiger partial charge in [0.2, 0.25) is 0 Å². The minimum Gasteiger partial charge on any atom is -0.480 e. The molecule has 2 atom stereocenters. The molecule has 0 saturated heterocycles. The largest absolute Gasteiger partial charge is 0.480 e. The average Bonchev–Trinajstić information content (AvgIpc) is 2.36. The Hall–Kier alpha value is -1.84. The summed E-state index contributed by atoms with van der Waals surface area (Å²) in [5, 5.41) is 20.4. The van der Waals surface area contributed by atoms with E-state index in [2.05, 4.69) is 32.0 Å². The summed E-state index contributed by atoms with van der Waals surface area (Å²) in [5.41, 5.74) is 1.02. The van der Waals surface area contributed by atoms with Gasteiger partial charge in [-0.25, -0.2) is 4.79 Å². The normalized spacial score (nSPS) is 12.8. The Balaban J connectivity index is 2.82. The van der Waals surface area contributed by atoms with Gasteiger partial charge in [0.25, 0.3) is 5.91 Å². The third-order valence-electron chi connectivity index (χ3n) is 2.37. The van der Waals surface area contributed by atoms with Crippen molar-refractivity contribution in [2.75, 3.05) is 0 Å². The Kier molecular flexibility index (Phi) is 5.55. The number of nitrogens with one attached hydrogen (secondary N) is 1. The monoisotopic (exact) mass is 325 g/mol. The van der Waals surface area contributed by atoms with Crippen LogP contribution in [0.1, 0.15) is 22.8 Å². The number of carbonyl (C=O) groups excluding carboxylic acids is 1. The van der Waals surface area contributed by atoms with E-state index in [1.807, 2.05) is 0 Å². The van der Waals surface area contributed by atoms with Crippen molar-refractivity contribution in [3.8, 4) is 10.8 Å². The summed E-state index contributed by atoms with van der Waals surface area (Å²) < 4.78 is 0. The average molecular weight is 326 g/mol. The Morgan fingerprint density at radius 2 is 1.89 bits per heavy atom. The van der Waals surface area contributed by atoms with E-state index in [9.17, 15) is 14.7 Å². The zero-order chi connectivity index (χ0) is 14.4. The molecule has 1 aromatic rings. The summed E-state index contributed by atoms with van der Waals surface area (Å²) >= 11 is 2.96. The number of halogens is 1. The van der Waals surface area contributed by atoms with Crippen LogP contribution >= 0.6 is 15.9 Å². The standard InChI is InChI=1S/C13H12BrNO4/c1-8(16)11(13(18)19)15-12(17)10-4-2-9(3-5-10)6-7-14/h2-5,8,11,16H,1H3,(H,15,17)(H,18,19)/t8-,11+/m1/s1. The zero-order valence-electron chi connectivity index (χ0n) is 10.1. The minimum atomic E-state index is -1.34. The number of rotatable bonds is 4. The maximum Gasteiger partial charge on any atom is 0.328 e. The lowest BCUT2D eigenvalue weighted by Gasteiger charge is -2.16. The van der Waals surface area contributed by atoms with Gasteiger partial charge in [-0.1, -0.05) is 5.92 Å². The second-order valence-electron chi connectivity index (χ2n) is 3.83. The van der Waals surface area contributed by atoms with Crippen LogP contribution in [-0.4, -0.2) is 34.2 Å². The van der Waals surface area contributed by atoms with Crippen molar-refractivity contribution < 1.29 is 19.8 Å². The number of amides is 1. The number of hydrogen-bond donors (Lipinski definition) is 3. The van der Waals surface area contributed by atoms with Gasteiger partial charge in [0.05, 0.1) is 6.10 Å². The fourth-order valence-electron chi connectivity index (χ4n) is 1.37. The molecular weight excluding hydrogens is 314 g/mol. The van der Waals surface area contributed by atoms with E-state index in [1.165, 1.54) is 19.1 Å². The summed E-state index contributed by atoms with van der Waals surface area (Å²) in [5.74, 6) is 0.902. The van der Waals surface area contributed by atoms with Crippen LogP contribution in [0.3, 0.4) is 0 Å². The molecule has 0 aliphatic rings. The molecule has 6 heteroatoms. The van der Waals surface area contributed by atoms with Crippen LogP contribution in [0.25, 0.3) is 0 Å². The molecule has 0 saturated carbocycles. The number of aliphatic carboxylic acids is 1. The van der Waals surface area contributed by atoms with E-state index in [0.717, 1.165) is 5.56 Å². The Morgan fingerprint density at radius 1 is 1.32 bits per heavy atom. The van der Waals surface area contributed by atoms with E-state index in [-0.39, 0.29) is 0 Å². The van der Waals surface area contributed by atoms with Crippen molar-refractivity contribution in [2.45, 2.75) is 19.1 Å². The Labute approximate surface area is 118 Å². The number of aliphatic hydroxyl groups excluding tert-OH is 1. The van der Waals surface area contributed by atoms with Gasteiger partial charge in [-0.2, -0.15) is 0 Å². The first kappa shape index (κ1) is 15.2. The van der Waals surface area contributed by atoms with Crippen LogP contribution in [0.2, 0.25) is 0 Å². The first-order valence-electron chi connectivity index (χ1n) is 5.39. The van der Waals surface area contributed by atoms with Gasteiger partial charge in [0, 0.05) is 27.1 Å². The molecule has 0 bridgehead atoms. The molecule has 0 spiro atoms. The highest BCUT2D eigenvalue weighted by molar-refractivity contribution is 9.12. The van der Waals surface area contributed by atoms with E-state index in [4.69, 9.17) is 5.11 Å². The third-order valence-corrected chi connectivity index (χ3v) is 2.57. The van der Waals surface area contributed by atoms with Crippen LogP contribution in [0.4, 0.5) is 0 Å². The number of carbonyl (C=O) groups is 2. The molecular formula is C13H12BrNO4. The van der Waals surface area contributed by atoms with Crippen molar-refractivity contribution >= 4 is 27.8 Å². The van der Waals surface area contributed by atoms with Gasteiger partial charge in [-0.15, -0.1) is 0 Å². The second kappa shape index (κ2) is 6.92. The van der Waals surface area contributed by atoms with E-state index >= 15 is 0 Å². The fourth-order valence-corrected chi connectivity index (χ4v) is 1.60. The number of carboxylic acid groups (broad SMARTS) is 1. The van der Waals surface area contributed by atoms with Crippen molar-refractivity contribution in [3.05, 3.63) is 35.4 Å². The van der Waals surface area contributed by atoms with Crippen LogP contribution in [-0.2, 0) is 4.79 Å². The van der Waals surface area contributed by atoms with Gasteiger partial charge < -0.3 is 15.5 Å². The highest BCUT2D eigenvalue weighted by Crippen LogP contribution is 2.05. The van der Waals surface area contributed by atoms with Gasteiger partial charge in [0.1, 0.15) is 0 Å². The lowest BCUT2D eigenvalue weighted by Crippen LogP contribution is -2.47. The number of benzene rings is 1. The van der Waals surface area contributed by atoms with Crippen molar-refractivity contribution in [1.82, 2.24) is 5.32 Å². The molecule has 1 aromatic carbocycles. The first-order valence-corrected chi connectivity index (χ1v) is 6.18. The van der Waals surface area contributed by atoms with E-state index in [1.54, 1.807) is 12.1 Å². The second-order valence-corrected chi connectivity index (χ2v) is 4.22. The van der Waals surface area contributed by atoms with Crippen molar-refractivity contribution in [2.24, 2.45) is 0 Å². The molecule has 19 heavy (non-hydrogen) atoms. The molecule has 0 fully saturated rings. The zero-order valence-corrected chi connectivity index (χ0v) is 11.6. The van der Waals surface area contributed by atoms with Crippen LogP contribution in [0.15, 0.2) is 24.3 Å². The number of aliphatic hydroxyl groups is 1. The van der Waals surface area contributed by atoms with Crippen LogP contribution in [0.5, 0.6) is 0 Å². The van der Waals surface area contributed by atoms with Crippen LogP contribution in [0, 0.1) is 10.8 Å². The summed E-state index contributed by atoms with van der Waals surface area (Å²) in [6, 6.07) is 5.00. The maximum absolute atomic E-state index is 11.8. The SMILES string of the molecule is C[C@@H](O)[C@H](NC(=O)c1ccc(C#CBr)cc1)C(=O)O. The van der Waals surface area contributed by atoms with Gasteiger partial charge in [-0.05, 0) is 36.0 Å². The lowest BCUT2D eigenvalue weighted by atomic mass is 10.1. The van der Waals surface area contributed by atoms with Crippen molar-refractivity contribution in [3.63, 3.8) is 0 Å². The number of hydrogen-bond acceptors (Lipinski definition) is 3. The Morgan fingerprint density at radius 3 is 2.32 bits per heavy atom. The minimum absolute atomic E-state index is 0.298. The van der Waals surface area contributed by atoms with Crippen molar-refractivity contribution in [1.29, 1.82) is 0 Å². The fraction of sp³-hybridized carbons (Fsp3) is 0.231. The molecule has 5 nitrogen and oxygen atoms in total. The van der Waals surface area contributed by atoms with Gasteiger partial charge in [-0.3, -0.25) is 4.79 Å². The molecule has 100 valence electrons. The molecule has 1 amide bonds.